The average molecular weight is 612 g/mol. The Morgan fingerprint density at radius 1 is 0.419 bits per heavy atom. The predicted octanol–water partition coefficient (Wildman–Crippen LogP) is 8.67. The monoisotopic (exact) mass is 612 g/mol. The van der Waals surface area contributed by atoms with Crippen LogP contribution >= 0.6 is 0 Å². The molecule has 0 saturated heterocycles. The molecule has 0 saturated carbocycles. The van der Waals surface area contributed by atoms with Gasteiger partial charge in [-0.3, -0.25) is 9.59 Å². The molecule has 0 spiro atoms. The Balaban J connectivity index is 4.24. The van der Waals surface area contributed by atoms with Gasteiger partial charge < -0.3 is 24.6 Å². The van der Waals surface area contributed by atoms with Crippen molar-refractivity contribution in [3.05, 3.63) is 0 Å². The summed E-state index contributed by atoms with van der Waals surface area (Å²) in [7, 11) is 0. The van der Waals surface area contributed by atoms with E-state index in [1.165, 1.54) is 116 Å². The van der Waals surface area contributed by atoms with Gasteiger partial charge in [-0.1, -0.05) is 116 Å². The van der Waals surface area contributed by atoms with E-state index < -0.39 is 17.9 Å². The number of nitrogens with zero attached hydrogens (tertiary/aromatic N) is 1. The predicted molar refractivity (Wildman–Crippen MR) is 175 cm³/mol. The summed E-state index contributed by atoms with van der Waals surface area (Å²) in [6.45, 7) is 5.91. The van der Waals surface area contributed by atoms with Crippen molar-refractivity contribution >= 4 is 17.9 Å². The smallest absolute Gasteiger partial charge is 0.303 e. The van der Waals surface area contributed by atoms with Gasteiger partial charge in [0.05, 0.1) is 26.2 Å². The van der Waals surface area contributed by atoms with Crippen molar-refractivity contribution in [2.75, 3.05) is 26.2 Å². The summed E-state index contributed by atoms with van der Waals surface area (Å²) >= 11 is 0. The molecule has 0 aromatic heterocycles. The normalized spacial score (nSPS) is 11.7. The van der Waals surface area contributed by atoms with Gasteiger partial charge in [-0.05, 0) is 57.8 Å². The first-order valence-corrected chi connectivity index (χ1v) is 18.3. The van der Waals surface area contributed by atoms with Crippen LogP contribution in [0.4, 0.5) is 0 Å². The first-order valence-electron chi connectivity index (χ1n) is 18.3. The quantitative estimate of drug-likeness (QED) is 0.0547. The van der Waals surface area contributed by atoms with E-state index in [0.717, 1.165) is 56.3 Å². The standard InChI is InChI=1S/C36H69NO6/c1-2-3-4-5-6-7-8-9-10-11-12-13-14-15-16-17-18-19-23-30-37(31-24-20-27-34(38)39,32-25-21-28-35(40)41)33-26-22-29-36(42)43/h2-33H2,1H3,(H2-,38,39,40,41,42,43). The summed E-state index contributed by atoms with van der Waals surface area (Å²) in [5, 5.41) is 29.0. The molecule has 7 heteroatoms. The number of carboxylic acid groups (broad SMARTS) is 3. The summed E-state index contributed by atoms with van der Waals surface area (Å²) in [6.07, 6.45) is 30.4. The maximum Gasteiger partial charge on any atom is 0.303 e. The highest BCUT2D eigenvalue weighted by molar-refractivity contribution is 5.66. The van der Waals surface area contributed by atoms with E-state index >= 15 is 0 Å². The molecule has 0 rings (SSSR count). The number of carbonyl (C=O) groups is 3. The van der Waals surface area contributed by atoms with Crippen LogP contribution < -0.4 is 5.11 Å². The maximum absolute atomic E-state index is 11.0. The SMILES string of the molecule is CCCCCCCCCCCCCCCCCCCCC[N+](CCCCC(=O)[O-])(CCCCC(=O)O)CCCCC(=O)O. The molecule has 0 heterocycles. The molecule has 0 fully saturated rings. The average Bonchev–Trinajstić information content (AvgIpc) is 2.96. The Morgan fingerprint density at radius 3 is 0.953 bits per heavy atom. The molecule has 0 aliphatic heterocycles. The van der Waals surface area contributed by atoms with Crippen molar-refractivity contribution in [2.45, 2.75) is 187 Å². The molecular formula is C36H69NO6. The van der Waals surface area contributed by atoms with Crippen molar-refractivity contribution in [3.63, 3.8) is 0 Å². The van der Waals surface area contributed by atoms with Gasteiger partial charge in [-0.15, -0.1) is 0 Å². The third-order valence-electron chi connectivity index (χ3n) is 9.05. The molecule has 0 aliphatic carbocycles. The lowest BCUT2D eigenvalue weighted by molar-refractivity contribution is -0.929. The van der Waals surface area contributed by atoms with Crippen LogP contribution in [-0.2, 0) is 14.4 Å². The van der Waals surface area contributed by atoms with Crippen molar-refractivity contribution < 1.29 is 34.2 Å². The Labute approximate surface area is 264 Å². The van der Waals surface area contributed by atoms with E-state index in [9.17, 15) is 19.5 Å². The minimum Gasteiger partial charge on any atom is -0.550 e. The maximum atomic E-state index is 11.0. The zero-order valence-electron chi connectivity index (χ0n) is 28.1. The number of unbranched alkanes of at least 4 members (excludes halogenated alkanes) is 21. The highest BCUT2D eigenvalue weighted by Crippen LogP contribution is 2.20. The van der Waals surface area contributed by atoms with Crippen LogP contribution in [0.3, 0.4) is 0 Å². The fourth-order valence-electron chi connectivity index (χ4n) is 6.36. The van der Waals surface area contributed by atoms with E-state index in [4.69, 9.17) is 10.2 Å². The van der Waals surface area contributed by atoms with Gasteiger partial charge >= 0.3 is 11.9 Å². The van der Waals surface area contributed by atoms with E-state index in [-0.39, 0.29) is 19.3 Å². The Kier molecular flexibility index (Phi) is 29.2. The van der Waals surface area contributed by atoms with Crippen molar-refractivity contribution in [3.8, 4) is 0 Å². The number of hydrogen-bond donors (Lipinski definition) is 2. The number of hydrogen-bond acceptors (Lipinski definition) is 4. The molecular weight excluding hydrogens is 542 g/mol. The van der Waals surface area contributed by atoms with Gasteiger partial charge in [-0.25, -0.2) is 0 Å². The van der Waals surface area contributed by atoms with Crippen LogP contribution in [0.5, 0.6) is 0 Å². The van der Waals surface area contributed by atoms with Gasteiger partial charge in [0.25, 0.3) is 0 Å². The highest BCUT2D eigenvalue weighted by atomic mass is 16.4. The molecule has 0 unspecified atom stereocenters. The van der Waals surface area contributed by atoms with E-state index in [1.807, 2.05) is 0 Å². The highest BCUT2D eigenvalue weighted by Gasteiger charge is 2.26. The molecule has 254 valence electrons. The zero-order chi connectivity index (χ0) is 31.9. The van der Waals surface area contributed by atoms with Crippen LogP contribution in [0.2, 0.25) is 0 Å². The van der Waals surface area contributed by atoms with Crippen LogP contribution in [0, 0.1) is 0 Å². The number of aliphatic carboxylic acids is 3. The zero-order valence-corrected chi connectivity index (χ0v) is 28.1. The van der Waals surface area contributed by atoms with Crippen LogP contribution in [-0.4, -0.2) is 58.8 Å². The van der Waals surface area contributed by atoms with Crippen molar-refractivity contribution in [1.82, 2.24) is 0 Å². The molecule has 0 bridgehead atoms. The summed E-state index contributed by atoms with van der Waals surface area (Å²) in [5.41, 5.74) is 0. The molecule has 0 aliphatic rings. The lowest BCUT2D eigenvalue weighted by Gasteiger charge is -2.39. The van der Waals surface area contributed by atoms with Crippen molar-refractivity contribution in [2.24, 2.45) is 0 Å². The van der Waals surface area contributed by atoms with Gasteiger partial charge in [0.15, 0.2) is 0 Å². The molecule has 0 radical (unpaired) electrons. The largest absolute Gasteiger partial charge is 0.550 e. The third-order valence-corrected chi connectivity index (χ3v) is 9.05. The van der Waals surface area contributed by atoms with E-state index in [2.05, 4.69) is 6.92 Å². The minimum absolute atomic E-state index is 0.0667. The molecule has 2 N–H and O–H groups in total. The van der Waals surface area contributed by atoms with Gasteiger partial charge in [-0.2, -0.15) is 0 Å². The number of carbonyl (C=O) groups excluding carboxylic acids is 1. The van der Waals surface area contributed by atoms with E-state index in [0.29, 0.717) is 19.3 Å². The summed E-state index contributed by atoms with van der Waals surface area (Å²) in [6, 6.07) is 0. The Morgan fingerprint density at radius 2 is 0.674 bits per heavy atom. The second-order valence-electron chi connectivity index (χ2n) is 13.1. The summed E-state index contributed by atoms with van der Waals surface area (Å²) < 4.78 is 0.852. The summed E-state index contributed by atoms with van der Waals surface area (Å²) in [4.78, 5) is 32.9. The van der Waals surface area contributed by atoms with Crippen molar-refractivity contribution in [1.29, 1.82) is 0 Å². The van der Waals surface area contributed by atoms with Gasteiger partial charge in [0.1, 0.15) is 0 Å². The number of carboxylic acids is 3. The fourth-order valence-corrected chi connectivity index (χ4v) is 6.36. The van der Waals surface area contributed by atoms with E-state index in [1.54, 1.807) is 0 Å². The fraction of sp³-hybridized carbons (Fsp3) is 0.917. The Bertz CT molecular complexity index is 613. The van der Waals surface area contributed by atoms with Gasteiger partial charge in [0, 0.05) is 18.8 Å². The van der Waals surface area contributed by atoms with Gasteiger partial charge in [0.2, 0.25) is 0 Å². The lowest BCUT2D eigenvalue weighted by Crippen LogP contribution is -2.51. The van der Waals surface area contributed by atoms with Crippen LogP contribution in [0.25, 0.3) is 0 Å². The number of rotatable bonds is 35. The lowest BCUT2D eigenvalue weighted by atomic mass is 10.0. The molecule has 0 aromatic rings. The first kappa shape index (κ1) is 41.4. The Hall–Kier alpha value is -1.63. The topological polar surface area (TPSA) is 115 Å². The summed E-state index contributed by atoms with van der Waals surface area (Å²) in [5.74, 6) is -2.56. The first-order chi connectivity index (χ1) is 20.8. The second-order valence-corrected chi connectivity index (χ2v) is 13.1. The molecule has 0 amide bonds. The minimum atomic E-state index is -1.01. The second kappa shape index (κ2) is 30.4. The molecule has 0 aromatic carbocycles. The molecule has 43 heavy (non-hydrogen) atoms. The molecule has 0 atom stereocenters. The van der Waals surface area contributed by atoms with Crippen LogP contribution in [0.1, 0.15) is 187 Å². The third kappa shape index (κ3) is 30.2. The number of quaternary nitrogens is 1. The van der Waals surface area contributed by atoms with Crippen LogP contribution in [0.15, 0.2) is 0 Å². The molecule has 7 nitrogen and oxygen atoms in total.